The van der Waals surface area contributed by atoms with Gasteiger partial charge in [-0.25, -0.2) is 0 Å². The van der Waals surface area contributed by atoms with Crippen LogP contribution in [0.5, 0.6) is 0 Å². The summed E-state index contributed by atoms with van der Waals surface area (Å²) < 4.78 is 9.69. The molecule has 184 valence electrons. The van der Waals surface area contributed by atoms with E-state index in [2.05, 4.69) is 10.6 Å². The van der Waals surface area contributed by atoms with E-state index < -0.39 is 35.8 Å². The second kappa shape index (κ2) is 16.1. The van der Waals surface area contributed by atoms with Gasteiger partial charge in [0.25, 0.3) is 0 Å². The van der Waals surface area contributed by atoms with Crippen LogP contribution in [0.4, 0.5) is 0 Å². The lowest BCUT2D eigenvalue weighted by atomic mass is 10.1. The van der Waals surface area contributed by atoms with Crippen molar-refractivity contribution in [2.24, 2.45) is 5.73 Å². The van der Waals surface area contributed by atoms with Crippen molar-refractivity contribution >= 4 is 35.5 Å². The van der Waals surface area contributed by atoms with E-state index in [1.54, 1.807) is 13.8 Å². The zero-order valence-corrected chi connectivity index (χ0v) is 20.4. The Morgan fingerprint density at radius 1 is 1.03 bits per heavy atom. The SMILES string of the molecule is CCOC(=O)CCNC(=O)C(CSCc1ccc(C)cc1)NC(=O)CCC(N)C(=O)OCC. The highest BCUT2D eigenvalue weighted by molar-refractivity contribution is 7.98. The summed E-state index contributed by atoms with van der Waals surface area (Å²) in [5.74, 6) is -0.729. The number of hydrogen-bond donors (Lipinski definition) is 3. The molecule has 2 unspecified atom stereocenters. The first kappa shape index (κ1) is 28.4. The molecule has 2 atom stereocenters. The largest absolute Gasteiger partial charge is 0.466 e. The van der Waals surface area contributed by atoms with E-state index in [0.29, 0.717) is 11.5 Å². The monoisotopic (exact) mass is 481 g/mol. The third kappa shape index (κ3) is 12.3. The summed E-state index contributed by atoms with van der Waals surface area (Å²) in [6, 6.07) is 6.38. The Bertz CT molecular complexity index is 772. The molecule has 4 N–H and O–H groups in total. The van der Waals surface area contributed by atoms with E-state index in [9.17, 15) is 19.2 Å². The molecular weight excluding hydrogens is 446 g/mol. The molecule has 0 bridgehead atoms. The van der Waals surface area contributed by atoms with E-state index in [-0.39, 0.29) is 39.0 Å². The summed E-state index contributed by atoms with van der Waals surface area (Å²) in [5, 5.41) is 5.37. The van der Waals surface area contributed by atoms with Gasteiger partial charge in [0.15, 0.2) is 0 Å². The van der Waals surface area contributed by atoms with Crippen LogP contribution >= 0.6 is 11.8 Å². The molecule has 0 heterocycles. The molecule has 10 heteroatoms. The number of nitrogens with one attached hydrogen (secondary N) is 2. The summed E-state index contributed by atoms with van der Waals surface area (Å²) in [4.78, 5) is 48.1. The average Bonchev–Trinajstić information content (AvgIpc) is 2.78. The van der Waals surface area contributed by atoms with Crippen LogP contribution in [0.3, 0.4) is 0 Å². The van der Waals surface area contributed by atoms with Gasteiger partial charge >= 0.3 is 11.9 Å². The molecule has 1 aromatic carbocycles. The highest BCUT2D eigenvalue weighted by Crippen LogP contribution is 2.14. The molecule has 0 aliphatic rings. The Kier molecular flexibility index (Phi) is 13.9. The summed E-state index contributed by atoms with van der Waals surface area (Å²) >= 11 is 1.51. The van der Waals surface area contributed by atoms with Crippen molar-refractivity contribution in [1.82, 2.24) is 10.6 Å². The zero-order valence-electron chi connectivity index (χ0n) is 19.6. The first-order chi connectivity index (χ1) is 15.8. The fourth-order valence-electron chi connectivity index (χ4n) is 2.73. The van der Waals surface area contributed by atoms with Crippen LogP contribution in [-0.2, 0) is 34.4 Å². The van der Waals surface area contributed by atoms with E-state index in [1.165, 1.54) is 11.8 Å². The van der Waals surface area contributed by atoms with Gasteiger partial charge in [0.05, 0.1) is 19.6 Å². The summed E-state index contributed by atoms with van der Waals surface area (Å²) in [6.07, 6.45) is 0.138. The topological polar surface area (TPSA) is 137 Å². The Hall–Kier alpha value is -2.59. The van der Waals surface area contributed by atoms with Crippen molar-refractivity contribution in [2.75, 3.05) is 25.5 Å². The molecular formula is C23H35N3O6S. The molecule has 0 saturated heterocycles. The first-order valence-electron chi connectivity index (χ1n) is 11.0. The maximum absolute atomic E-state index is 12.6. The van der Waals surface area contributed by atoms with Crippen molar-refractivity contribution in [3.05, 3.63) is 35.4 Å². The number of ether oxygens (including phenoxy) is 2. The van der Waals surface area contributed by atoms with E-state index >= 15 is 0 Å². The van der Waals surface area contributed by atoms with Crippen LogP contribution in [0.15, 0.2) is 24.3 Å². The number of nitrogens with two attached hydrogens (primary N) is 1. The average molecular weight is 482 g/mol. The van der Waals surface area contributed by atoms with E-state index in [4.69, 9.17) is 15.2 Å². The number of rotatable bonds is 15. The van der Waals surface area contributed by atoms with Gasteiger partial charge in [0.2, 0.25) is 11.8 Å². The molecule has 33 heavy (non-hydrogen) atoms. The maximum atomic E-state index is 12.6. The minimum absolute atomic E-state index is 0.0186. The number of esters is 2. The van der Waals surface area contributed by atoms with Crippen molar-refractivity contribution in [3.8, 4) is 0 Å². The van der Waals surface area contributed by atoms with Crippen LogP contribution in [0, 0.1) is 6.92 Å². The fourth-order valence-corrected chi connectivity index (χ4v) is 3.74. The number of carbonyl (C=O) groups is 4. The standard InChI is InChI=1S/C23H35N3O6S/c1-4-31-21(28)12-13-25-22(29)19(15-33-14-17-8-6-16(3)7-9-17)26-20(27)11-10-18(24)23(30)32-5-2/h6-9,18-19H,4-5,10-15,24H2,1-3H3,(H,25,29)(H,26,27). The molecule has 0 spiro atoms. The maximum Gasteiger partial charge on any atom is 0.322 e. The van der Waals surface area contributed by atoms with Crippen molar-refractivity contribution in [1.29, 1.82) is 0 Å². The number of hydrogen-bond acceptors (Lipinski definition) is 8. The lowest BCUT2D eigenvalue weighted by molar-refractivity contribution is -0.145. The van der Waals surface area contributed by atoms with Crippen LogP contribution in [-0.4, -0.2) is 61.3 Å². The van der Waals surface area contributed by atoms with Gasteiger partial charge in [0.1, 0.15) is 12.1 Å². The lowest BCUT2D eigenvalue weighted by Gasteiger charge is -2.19. The summed E-state index contributed by atoms with van der Waals surface area (Å²) in [6.45, 7) is 6.00. The molecule has 0 aliphatic carbocycles. The Morgan fingerprint density at radius 2 is 1.70 bits per heavy atom. The minimum atomic E-state index is -0.900. The number of benzene rings is 1. The predicted molar refractivity (Wildman–Crippen MR) is 127 cm³/mol. The molecule has 1 rings (SSSR count). The fraction of sp³-hybridized carbons (Fsp3) is 0.565. The van der Waals surface area contributed by atoms with Gasteiger partial charge in [-0.1, -0.05) is 29.8 Å². The van der Waals surface area contributed by atoms with Crippen molar-refractivity contribution in [2.45, 2.75) is 57.9 Å². The van der Waals surface area contributed by atoms with Gasteiger partial charge in [-0.3, -0.25) is 19.2 Å². The van der Waals surface area contributed by atoms with Crippen LogP contribution in [0.2, 0.25) is 0 Å². The Morgan fingerprint density at radius 3 is 2.33 bits per heavy atom. The van der Waals surface area contributed by atoms with Gasteiger partial charge in [0, 0.05) is 24.5 Å². The predicted octanol–water partition coefficient (Wildman–Crippen LogP) is 1.45. The Balaban J connectivity index is 2.61. The quantitative estimate of drug-likeness (QED) is 0.320. The van der Waals surface area contributed by atoms with Gasteiger partial charge in [-0.15, -0.1) is 0 Å². The molecule has 0 aliphatic heterocycles. The Labute approximate surface area is 199 Å². The molecule has 2 amide bonds. The smallest absolute Gasteiger partial charge is 0.322 e. The molecule has 0 saturated carbocycles. The van der Waals surface area contributed by atoms with Crippen LogP contribution in [0.1, 0.15) is 44.2 Å². The minimum Gasteiger partial charge on any atom is -0.466 e. The number of amides is 2. The van der Waals surface area contributed by atoms with Crippen molar-refractivity contribution in [3.63, 3.8) is 0 Å². The molecule has 9 nitrogen and oxygen atoms in total. The summed E-state index contributed by atoms with van der Waals surface area (Å²) in [5.41, 5.74) is 8.01. The highest BCUT2D eigenvalue weighted by atomic mass is 32.2. The van der Waals surface area contributed by atoms with Crippen LogP contribution in [0.25, 0.3) is 0 Å². The second-order valence-electron chi connectivity index (χ2n) is 7.36. The zero-order chi connectivity index (χ0) is 24.6. The molecule has 0 fully saturated rings. The number of thioether (sulfide) groups is 1. The van der Waals surface area contributed by atoms with Crippen molar-refractivity contribution < 1.29 is 28.7 Å². The number of carbonyl (C=O) groups excluding carboxylic acids is 4. The van der Waals surface area contributed by atoms with Gasteiger partial charge in [-0.2, -0.15) is 11.8 Å². The molecule has 1 aromatic rings. The van der Waals surface area contributed by atoms with Gasteiger partial charge in [-0.05, 0) is 32.8 Å². The lowest BCUT2D eigenvalue weighted by Crippen LogP contribution is -2.49. The first-order valence-corrected chi connectivity index (χ1v) is 12.2. The second-order valence-corrected chi connectivity index (χ2v) is 8.39. The third-order valence-corrected chi connectivity index (χ3v) is 5.64. The number of aryl methyl sites for hydroxylation is 1. The van der Waals surface area contributed by atoms with Crippen LogP contribution < -0.4 is 16.4 Å². The van der Waals surface area contributed by atoms with E-state index in [1.807, 2.05) is 31.2 Å². The molecule has 0 aromatic heterocycles. The highest BCUT2D eigenvalue weighted by Gasteiger charge is 2.22. The summed E-state index contributed by atoms with van der Waals surface area (Å²) in [7, 11) is 0. The van der Waals surface area contributed by atoms with Gasteiger partial charge < -0.3 is 25.8 Å². The third-order valence-electron chi connectivity index (χ3n) is 4.53. The van der Waals surface area contributed by atoms with E-state index in [0.717, 1.165) is 11.1 Å². The molecule has 0 radical (unpaired) electrons. The normalized spacial score (nSPS) is 12.4.